The molecular weight excluding hydrogens is 325 g/mol. The van der Waals surface area contributed by atoms with Gasteiger partial charge in [0.1, 0.15) is 5.58 Å². The van der Waals surface area contributed by atoms with Crippen LogP contribution in [-0.4, -0.2) is 28.8 Å². The zero-order chi connectivity index (χ0) is 18.5. The average Bonchev–Trinajstić information content (AvgIpc) is 2.98. The molecule has 2 aromatic heterocycles. The van der Waals surface area contributed by atoms with Crippen molar-refractivity contribution in [1.82, 2.24) is 4.98 Å². The van der Waals surface area contributed by atoms with Crippen molar-refractivity contribution in [2.75, 3.05) is 0 Å². The molecule has 0 fully saturated rings. The van der Waals surface area contributed by atoms with Gasteiger partial charge in [0.25, 0.3) is 0 Å². The van der Waals surface area contributed by atoms with E-state index in [4.69, 9.17) is 9.07 Å². The fourth-order valence-corrected chi connectivity index (χ4v) is 3.07. The number of benzene rings is 2. The summed E-state index contributed by atoms with van der Waals surface area (Å²) < 4.78 is 12.2. The zero-order valence-electron chi connectivity index (χ0n) is 15.5. The highest BCUT2D eigenvalue weighted by molar-refractivity contribution is 6.52. The summed E-state index contributed by atoms with van der Waals surface area (Å²) in [6, 6.07) is 12.4. The number of aliphatic hydroxyl groups is 1. The van der Waals surface area contributed by atoms with E-state index in [2.05, 4.69) is 29.2 Å². The van der Waals surface area contributed by atoms with Gasteiger partial charge in [-0.3, -0.25) is 4.98 Å². The smallest absolute Gasteiger partial charge is 0.311 e. The van der Waals surface area contributed by atoms with Gasteiger partial charge in [-0.25, -0.2) is 0 Å². The first-order chi connectivity index (χ1) is 12.3. The maximum Gasteiger partial charge on any atom is 0.311 e. The third-order valence-electron chi connectivity index (χ3n) is 5.41. The van der Waals surface area contributed by atoms with Crippen molar-refractivity contribution in [2.24, 2.45) is 0 Å². The van der Waals surface area contributed by atoms with Crippen LogP contribution in [0.25, 0.3) is 32.7 Å². The Morgan fingerprint density at radius 2 is 1.77 bits per heavy atom. The molecule has 4 aromatic rings. The van der Waals surface area contributed by atoms with E-state index in [-0.39, 0.29) is 0 Å². The van der Waals surface area contributed by atoms with Crippen molar-refractivity contribution in [1.29, 1.82) is 0 Å². The molecule has 2 heterocycles. The molecule has 0 radical (unpaired) electrons. The maximum atomic E-state index is 10.3. The summed E-state index contributed by atoms with van der Waals surface area (Å²) >= 11 is 0. The van der Waals surface area contributed by atoms with Gasteiger partial charge in [-0.05, 0) is 44.6 Å². The fourth-order valence-electron chi connectivity index (χ4n) is 3.07. The third-order valence-corrected chi connectivity index (χ3v) is 5.41. The number of nitrogens with zero attached hydrogens (tertiary/aromatic N) is 1. The molecule has 0 aliphatic rings. The lowest BCUT2D eigenvalue weighted by atomic mass is 9.81. The minimum absolute atomic E-state index is 0.350. The van der Waals surface area contributed by atoms with Gasteiger partial charge in [0.2, 0.25) is 0 Å². The second-order valence-corrected chi connectivity index (χ2v) is 7.80. The molecule has 0 saturated heterocycles. The highest BCUT2D eigenvalue weighted by atomic mass is 16.5. The molecule has 4 rings (SSSR count). The Morgan fingerprint density at radius 1 is 1.00 bits per heavy atom. The van der Waals surface area contributed by atoms with E-state index in [9.17, 15) is 5.11 Å². The molecule has 26 heavy (non-hydrogen) atoms. The summed E-state index contributed by atoms with van der Waals surface area (Å²) in [6.07, 6.45) is 3.56. The van der Waals surface area contributed by atoms with Crippen LogP contribution in [0.15, 0.2) is 53.2 Å². The van der Waals surface area contributed by atoms with E-state index in [0.29, 0.717) is 7.48 Å². The predicted molar refractivity (Wildman–Crippen MR) is 107 cm³/mol. The molecule has 0 spiro atoms. The van der Waals surface area contributed by atoms with E-state index in [1.807, 2.05) is 32.2 Å². The lowest BCUT2D eigenvalue weighted by Gasteiger charge is -2.37. The Labute approximate surface area is 153 Å². The Balaban J connectivity index is 1.85. The first-order valence-electron chi connectivity index (χ1n) is 8.81. The van der Waals surface area contributed by atoms with Crippen LogP contribution in [0.3, 0.4) is 0 Å². The Morgan fingerprint density at radius 3 is 2.54 bits per heavy atom. The van der Waals surface area contributed by atoms with E-state index >= 15 is 0 Å². The zero-order valence-corrected chi connectivity index (χ0v) is 15.5. The SMILES string of the molecule is CC(C)(O)C(C)(C)OBc1cncc2oc3c4ccccc4ccc3c12. The molecule has 0 amide bonds. The minimum atomic E-state index is -0.955. The monoisotopic (exact) mass is 347 g/mol. The Kier molecular flexibility index (Phi) is 3.83. The van der Waals surface area contributed by atoms with Crippen molar-refractivity contribution in [2.45, 2.75) is 38.9 Å². The molecule has 0 unspecified atom stereocenters. The lowest BCUT2D eigenvalue weighted by Crippen LogP contribution is -2.49. The van der Waals surface area contributed by atoms with Crippen molar-refractivity contribution < 1.29 is 14.2 Å². The van der Waals surface area contributed by atoms with Gasteiger partial charge in [0, 0.05) is 22.4 Å². The van der Waals surface area contributed by atoms with Crippen LogP contribution >= 0.6 is 0 Å². The number of aromatic nitrogens is 1. The summed E-state index contributed by atoms with van der Waals surface area (Å²) in [5, 5.41) is 14.6. The van der Waals surface area contributed by atoms with E-state index in [0.717, 1.165) is 38.2 Å². The van der Waals surface area contributed by atoms with Gasteiger partial charge >= 0.3 is 7.48 Å². The van der Waals surface area contributed by atoms with Crippen LogP contribution in [0.2, 0.25) is 0 Å². The first kappa shape index (κ1) is 17.1. The van der Waals surface area contributed by atoms with Gasteiger partial charge in [-0.15, -0.1) is 0 Å². The second kappa shape index (κ2) is 5.83. The number of pyridine rings is 1. The molecule has 4 nitrogen and oxygen atoms in total. The molecule has 0 atom stereocenters. The average molecular weight is 347 g/mol. The van der Waals surface area contributed by atoms with Gasteiger partial charge in [0.15, 0.2) is 5.58 Å². The summed E-state index contributed by atoms with van der Waals surface area (Å²) in [4.78, 5) is 4.31. The number of hydrogen-bond acceptors (Lipinski definition) is 4. The number of rotatable bonds is 4. The minimum Gasteiger partial charge on any atom is -0.454 e. The summed E-state index contributed by atoms with van der Waals surface area (Å²) in [5.74, 6) is 0. The molecule has 132 valence electrons. The van der Waals surface area contributed by atoms with Crippen molar-refractivity contribution >= 4 is 45.7 Å². The standard InChI is InChI=1S/C21H22BNO3/c1-20(2,24)21(3,4)26-22-16-11-23-12-17-18(16)15-10-9-13-7-5-6-8-14(13)19(15)25-17/h5-12,22,24H,1-4H3. The topological polar surface area (TPSA) is 55.5 Å². The van der Waals surface area contributed by atoms with Gasteiger partial charge in [-0.2, -0.15) is 0 Å². The quantitative estimate of drug-likeness (QED) is 0.572. The molecular formula is C21H22BNO3. The van der Waals surface area contributed by atoms with Crippen LogP contribution in [0.1, 0.15) is 27.7 Å². The fraction of sp³-hybridized carbons (Fsp3) is 0.286. The molecule has 0 bridgehead atoms. The van der Waals surface area contributed by atoms with E-state index < -0.39 is 11.2 Å². The molecule has 2 aromatic carbocycles. The highest BCUT2D eigenvalue weighted by Crippen LogP contribution is 2.33. The van der Waals surface area contributed by atoms with E-state index in [1.54, 1.807) is 20.0 Å². The molecule has 1 N–H and O–H groups in total. The van der Waals surface area contributed by atoms with Crippen molar-refractivity contribution in [3.63, 3.8) is 0 Å². The van der Waals surface area contributed by atoms with E-state index in [1.165, 1.54) is 0 Å². The number of fused-ring (bicyclic) bond motifs is 5. The molecule has 0 aliphatic carbocycles. The number of furan rings is 1. The Bertz CT molecular complexity index is 1110. The normalized spacial score (nSPS) is 13.0. The largest absolute Gasteiger partial charge is 0.454 e. The predicted octanol–water partition coefficient (Wildman–Crippen LogP) is 3.68. The third kappa shape index (κ3) is 2.68. The Hall–Kier alpha value is -2.37. The van der Waals surface area contributed by atoms with Crippen LogP contribution < -0.4 is 5.46 Å². The molecule has 5 heteroatoms. The second-order valence-electron chi connectivity index (χ2n) is 7.80. The van der Waals surface area contributed by atoms with Crippen molar-refractivity contribution in [3.8, 4) is 0 Å². The molecule has 0 aliphatic heterocycles. The first-order valence-corrected chi connectivity index (χ1v) is 8.81. The summed E-state index contributed by atoms with van der Waals surface area (Å²) in [7, 11) is 0.350. The van der Waals surface area contributed by atoms with Crippen molar-refractivity contribution in [3.05, 3.63) is 48.8 Å². The van der Waals surface area contributed by atoms with Crippen LogP contribution in [0.5, 0.6) is 0 Å². The van der Waals surface area contributed by atoms with Gasteiger partial charge in [0.05, 0.1) is 17.4 Å². The van der Waals surface area contributed by atoms with Crippen LogP contribution in [0.4, 0.5) is 0 Å². The summed E-state index contributed by atoms with van der Waals surface area (Å²) in [6.45, 7) is 7.29. The molecule has 0 saturated carbocycles. The number of hydrogen-bond donors (Lipinski definition) is 1. The van der Waals surface area contributed by atoms with Gasteiger partial charge in [-0.1, -0.05) is 30.3 Å². The van der Waals surface area contributed by atoms with Gasteiger partial charge < -0.3 is 14.2 Å². The maximum absolute atomic E-state index is 10.3. The lowest BCUT2D eigenvalue weighted by molar-refractivity contribution is -0.0893. The van der Waals surface area contributed by atoms with Crippen LogP contribution in [-0.2, 0) is 4.65 Å². The highest BCUT2D eigenvalue weighted by Gasteiger charge is 2.36. The van der Waals surface area contributed by atoms with Crippen LogP contribution in [0, 0.1) is 0 Å². The summed E-state index contributed by atoms with van der Waals surface area (Å²) in [5.41, 5.74) is 0.922.